The van der Waals surface area contributed by atoms with E-state index in [0.717, 1.165) is 23.2 Å². The van der Waals surface area contributed by atoms with E-state index in [2.05, 4.69) is 21.4 Å². The second kappa shape index (κ2) is 5.87. The summed E-state index contributed by atoms with van der Waals surface area (Å²) in [5.74, 6) is 1.06. The molecule has 0 aliphatic heterocycles. The van der Waals surface area contributed by atoms with Crippen LogP contribution < -0.4 is 15.8 Å². The van der Waals surface area contributed by atoms with Gasteiger partial charge in [-0.05, 0) is 30.8 Å². The normalized spacial score (nSPS) is 10.8. The van der Waals surface area contributed by atoms with Crippen LogP contribution >= 0.6 is 0 Å². The van der Waals surface area contributed by atoms with Crippen molar-refractivity contribution in [1.82, 2.24) is 15.3 Å². The van der Waals surface area contributed by atoms with Gasteiger partial charge in [-0.15, -0.1) is 0 Å². The lowest BCUT2D eigenvalue weighted by molar-refractivity contribution is 0.211. The first-order valence-corrected chi connectivity index (χ1v) is 6.87. The molecule has 4 N–H and O–H groups in total. The van der Waals surface area contributed by atoms with Crippen molar-refractivity contribution in [3.63, 3.8) is 0 Å². The van der Waals surface area contributed by atoms with E-state index in [0.29, 0.717) is 17.1 Å². The lowest BCUT2D eigenvalue weighted by atomic mass is 10.1. The number of imidazole rings is 1. The first-order chi connectivity index (χ1) is 10.7. The third-order valence-corrected chi connectivity index (χ3v) is 3.27. The van der Waals surface area contributed by atoms with Crippen LogP contribution in [-0.2, 0) is 6.54 Å². The summed E-state index contributed by atoms with van der Waals surface area (Å²) in [6.45, 7) is 0.782. The highest BCUT2D eigenvalue weighted by Gasteiger charge is 2.11. The number of nitrogens with two attached hydrogens (primary N) is 1. The Hall–Kier alpha value is -2.86. The number of hydrogen-bond donors (Lipinski definition) is 3. The van der Waals surface area contributed by atoms with Gasteiger partial charge in [-0.2, -0.15) is 0 Å². The Balaban J connectivity index is 2.05. The standard InChI is InChI=1S/C16H16N4O2/c1-18-9-10-4-2-5-11(8-10)15-19-12-6-3-7-13(14(12)20-15)22-16(17)21/h2-8,18H,9H2,1H3,(H2,17,21)(H,19,20). The third-order valence-electron chi connectivity index (χ3n) is 3.27. The summed E-state index contributed by atoms with van der Waals surface area (Å²) in [7, 11) is 1.90. The van der Waals surface area contributed by atoms with Crippen LogP contribution in [0.1, 0.15) is 5.56 Å². The van der Waals surface area contributed by atoms with Crippen LogP contribution in [-0.4, -0.2) is 23.1 Å². The molecule has 112 valence electrons. The average Bonchev–Trinajstić information content (AvgIpc) is 2.93. The molecule has 3 aromatic rings. The van der Waals surface area contributed by atoms with E-state index in [4.69, 9.17) is 10.5 Å². The van der Waals surface area contributed by atoms with Gasteiger partial charge in [0.1, 0.15) is 11.3 Å². The van der Waals surface area contributed by atoms with Crippen molar-refractivity contribution < 1.29 is 9.53 Å². The zero-order chi connectivity index (χ0) is 15.5. The highest BCUT2D eigenvalue weighted by molar-refractivity contribution is 5.87. The van der Waals surface area contributed by atoms with Crippen LogP contribution in [0.15, 0.2) is 42.5 Å². The molecule has 6 heteroatoms. The van der Waals surface area contributed by atoms with Crippen molar-refractivity contribution in [3.05, 3.63) is 48.0 Å². The molecule has 3 rings (SSSR count). The molecule has 2 aromatic carbocycles. The number of benzene rings is 2. The van der Waals surface area contributed by atoms with Crippen molar-refractivity contribution in [2.24, 2.45) is 5.73 Å². The number of hydrogen-bond acceptors (Lipinski definition) is 4. The van der Waals surface area contributed by atoms with Crippen LogP contribution in [0, 0.1) is 0 Å². The Morgan fingerprint density at radius 3 is 2.91 bits per heavy atom. The van der Waals surface area contributed by atoms with Gasteiger partial charge in [0, 0.05) is 12.1 Å². The molecule has 0 unspecified atom stereocenters. The van der Waals surface area contributed by atoms with E-state index in [-0.39, 0.29) is 0 Å². The van der Waals surface area contributed by atoms with E-state index in [1.54, 1.807) is 12.1 Å². The number of amides is 1. The highest BCUT2D eigenvalue weighted by Crippen LogP contribution is 2.27. The molecule has 1 amide bonds. The Labute approximate surface area is 127 Å². The van der Waals surface area contributed by atoms with Crippen LogP contribution in [0.2, 0.25) is 0 Å². The summed E-state index contributed by atoms with van der Waals surface area (Å²) in [5, 5.41) is 3.12. The second-order valence-electron chi connectivity index (χ2n) is 4.89. The quantitative estimate of drug-likeness (QED) is 0.689. The number of primary amides is 1. The number of nitrogens with zero attached hydrogens (tertiary/aromatic N) is 1. The van der Waals surface area contributed by atoms with Gasteiger partial charge in [-0.1, -0.05) is 24.3 Å². The number of nitrogens with one attached hydrogen (secondary N) is 2. The fourth-order valence-electron chi connectivity index (χ4n) is 2.37. The predicted octanol–water partition coefficient (Wildman–Crippen LogP) is 2.41. The van der Waals surface area contributed by atoms with Gasteiger partial charge < -0.3 is 20.8 Å². The lowest BCUT2D eigenvalue weighted by Gasteiger charge is -2.02. The molecule has 0 saturated heterocycles. The van der Waals surface area contributed by atoms with Crippen LogP contribution in [0.4, 0.5) is 4.79 Å². The van der Waals surface area contributed by atoms with E-state index in [9.17, 15) is 4.79 Å². The van der Waals surface area contributed by atoms with Gasteiger partial charge in [0.15, 0.2) is 5.75 Å². The first-order valence-electron chi connectivity index (χ1n) is 6.87. The van der Waals surface area contributed by atoms with Crippen molar-refractivity contribution in [1.29, 1.82) is 0 Å². The number of rotatable bonds is 4. The highest BCUT2D eigenvalue weighted by atomic mass is 16.5. The minimum Gasteiger partial charge on any atom is -0.408 e. The molecule has 0 spiro atoms. The Bertz CT molecular complexity index is 826. The number of fused-ring (bicyclic) bond motifs is 1. The van der Waals surface area contributed by atoms with Crippen LogP contribution in [0.25, 0.3) is 22.4 Å². The maximum atomic E-state index is 11.0. The molecule has 0 aliphatic rings. The molecule has 0 fully saturated rings. The number of para-hydroxylation sites is 1. The minimum atomic E-state index is -0.854. The van der Waals surface area contributed by atoms with Gasteiger partial charge in [0.05, 0.1) is 5.52 Å². The summed E-state index contributed by atoms with van der Waals surface area (Å²) in [6, 6.07) is 13.4. The maximum Gasteiger partial charge on any atom is 0.410 e. The van der Waals surface area contributed by atoms with E-state index in [1.807, 2.05) is 31.3 Å². The van der Waals surface area contributed by atoms with E-state index < -0.39 is 6.09 Å². The molecular weight excluding hydrogens is 280 g/mol. The molecule has 0 aliphatic carbocycles. The Morgan fingerprint density at radius 2 is 2.14 bits per heavy atom. The zero-order valence-electron chi connectivity index (χ0n) is 12.1. The molecule has 1 heterocycles. The maximum absolute atomic E-state index is 11.0. The van der Waals surface area contributed by atoms with Gasteiger partial charge in [0.2, 0.25) is 0 Å². The number of carbonyl (C=O) groups excluding carboxylic acids is 1. The summed E-state index contributed by atoms with van der Waals surface area (Å²) < 4.78 is 4.99. The fourth-order valence-corrected chi connectivity index (χ4v) is 2.37. The Morgan fingerprint density at radius 1 is 1.32 bits per heavy atom. The van der Waals surface area contributed by atoms with Gasteiger partial charge >= 0.3 is 6.09 Å². The molecule has 0 atom stereocenters. The fraction of sp³-hybridized carbons (Fsp3) is 0.125. The first kappa shape index (κ1) is 14.1. The van der Waals surface area contributed by atoms with Crippen LogP contribution in [0.5, 0.6) is 5.75 Å². The van der Waals surface area contributed by atoms with Crippen molar-refractivity contribution in [2.45, 2.75) is 6.54 Å². The predicted molar refractivity (Wildman–Crippen MR) is 84.5 cm³/mol. The summed E-state index contributed by atoms with van der Waals surface area (Å²) in [4.78, 5) is 18.7. The molecule has 0 saturated carbocycles. The smallest absolute Gasteiger partial charge is 0.408 e. The lowest BCUT2D eigenvalue weighted by Crippen LogP contribution is -2.16. The van der Waals surface area contributed by atoms with Crippen molar-refractivity contribution in [3.8, 4) is 17.1 Å². The third kappa shape index (κ3) is 2.77. The van der Waals surface area contributed by atoms with E-state index in [1.165, 1.54) is 0 Å². The largest absolute Gasteiger partial charge is 0.410 e. The number of H-pyrrole nitrogens is 1. The molecule has 0 bridgehead atoms. The Kier molecular flexibility index (Phi) is 3.76. The van der Waals surface area contributed by atoms with E-state index >= 15 is 0 Å². The number of carbonyl (C=O) groups is 1. The topological polar surface area (TPSA) is 93.0 Å². The molecule has 22 heavy (non-hydrogen) atoms. The number of aromatic amines is 1. The monoisotopic (exact) mass is 296 g/mol. The molecule has 6 nitrogen and oxygen atoms in total. The summed E-state index contributed by atoms with van der Waals surface area (Å²) in [5.41, 5.74) is 8.57. The summed E-state index contributed by atoms with van der Waals surface area (Å²) >= 11 is 0. The van der Waals surface area contributed by atoms with Gasteiger partial charge in [-0.25, -0.2) is 9.78 Å². The number of ether oxygens (including phenoxy) is 1. The summed E-state index contributed by atoms with van der Waals surface area (Å²) in [6.07, 6.45) is -0.854. The zero-order valence-corrected chi connectivity index (χ0v) is 12.1. The SMILES string of the molecule is CNCc1cccc(-c2nc3c(OC(N)=O)cccc3[nH]2)c1. The average molecular weight is 296 g/mol. The number of aromatic nitrogens is 2. The second-order valence-corrected chi connectivity index (χ2v) is 4.89. The van der Waals surface area contributed by atoms with Crippen molar-refractivity contribution >= 4 is 17.1 Å². The van der Waals surface area contributed by atoms with Crippen LogP contribution in [0.3, 0.4) is 0 Å². The minimum absolute atomic E-state index is 0.346. The van der Waals surface area contributed by atoms with Gasteiger partial charge in [0.25, 0.3) is 0 Å². The molecule has 0 radical (unpaired) electrons. The van der Waals surface area contributed by atoms with Crippen molar-refractivity contribution in [2.75, 3.05) is 7.05 Å². The molecule has 1 aromatic heterocycles. The molecular formula is C16H16N4O2. The van der Waals surface area contributed by atoms with Gasteiger partial charge in [-0.3, -0.25) is 0 Å².